The van der Waals surface area contributed by atoms with Gasteiger partial charge < -0.3 is 10.5 Å². The number of halogens is 3. The second-order valence-corrected chi connectivity index (χ2v) is 7.79. The zero-order valence-corrected chi connectivity index (χ0v) is 19.4. The third-order valence-electron chi connectivity index (χ3n) is 4.80. The number of hydrogen-bond donors (Lipinski definition) is 2. The van der Waals surface area contributed by atoms with Crippen molar-refractivity contribution >= 4 is 46.1 Å². The molecule has 0 bridgehead atoms. The van der Waals surface area contributed by atoms with Crippen LogP contribution in [0.1, 0.15) is 25.3 Å². The van der Waals surface area contributed by atoms with E-state index >= 15 is 0 Å². The second kappa shape index (κ2) is 11.5. The lowest BCUT2D eigenvalue weighted by molar-refractivity contribution is -0.132. The summed E-state index contributed by atoms with van der Waals surface area (Å²) in [5.41, 5.74) is 8.14. The number of nitrogens with one attached hydrogen (secondary N) is 1. The fourth-order valence-electron chi connectivity index (χ4n) is 3.13. The van der Waals surface area contributed by atoms with Gasteiger partial charge in [0.25, 0.3) is 5.91 Å². The summed E-state index contributed by atoms with van der Waals surface area (Å²) in [6.45, 7) is 0.875. The number of nitrogens with two attached hydrogens (primary N) is 1. The fourth-order valence-corrected chi connectivity index (χ4v) is 3.32. The SMILES string of the molecule is CC(=O)N(NCc1cccc(F)c1Cl)N(C(=O)OCCCC(N)=O)c1cc2cc(F)ccc2cn1. The summed E-state index contributed by atoms with van der Waals surface area (Å²) in [6.07, 6.45) is 0.551. The maximum absolute atomic E-state index is 13.8. The number of ether oxygens (including phenoxy) is 1. The fraction of sp³-hybridized carbons (Fsp3) is 0.217. The third kappa shape index (κ3) is 6.61. The summed E-state index contributed by atoms with van der Waals surface area (Å²) in [6, 6.07) is 9.59. The molecule has 3 rings (SSSR count). The molecule has 2 aromatic carbocycles. The van der Waals surface area contributed by atoms with Gasteiger partial charge >= 0.3 is 6.09 Å². The van der Waals surface area contributed by atoms with Gasteiger partial charge in [0, 0.05) is 31.5 Å². The first-order valence-electron chi connectivity index (χ1n) is 10.4. The van der Waals surface area contributed by atoms with E-state index in [1.54, 1.807) is 6.07 Å². The van der Waals surface area contributed by atoms with Crippen LogP contribution in [0.2, 0.25) is 5.02 Å². The first kappa shape index (κ1) is 25.8. The van der Waals surface area contributed by atoms with E-state index in [1.807, 2.05) is 0 Å². The van der Waals surface area contributed by atoms with Gasteiger partial charge in [-0.3, -0.25) is 9.59 Å². The van der Waals surface area contributed by atoms with Crippen LogP contribution >= 0.6 is 11.6 Å². The normalized spacial score (nSPS) is 10.7. The predicted molar refractivity (Wildman–Crippen MR) is 125 cm³/mol. The second-order valence-electron chi connectivity index (χ2n) is 7.41. The highest BCUT2D eigenvalue weighted by atomic mass is 35.5. The van der Waals surface area contributed by atoms with Crippen molar-refractivity contribution < 1.29 is 27.9 Å². The highest BCUT2D eigenvalue weighted by molar-refractivity contribution is 6.31. The Balaban J connectivity index is 1.94. The minimum Gasteiger partial charge on any atom is -0.448 e. The summed E-state index contributed by atoms with van der Waals surface area (Å²) in [4.78, 5) is 40.7. The van der Waals surface area contributed by atoms with Gasteiger partial charge in [-0.15, -0.1) is 5.01 Å². The van der Waals surface area contributed by atoms with Gasteiger partial charge in [-0.1, -0.05) is 23.7 Å². The molecule has 0 fully saturated rings. The van der Waals surface area contributed by atoms with Gasteiger partial charge in [0.15, 0.2) is 5.82 Å². The first-order valence-corrected chi connectivity index (χ1v) is 10.8. The quantitative estimate of drug-likeness (QED) is 0.355. The number of anilines is 1. The number of hydrogen-bond acceptors (Lipinski definition) is 6. The molecular weight excluding hydrogens is 484 g/mol. The van der Waals surface area contributed by atoms with Crippen LogP contribution in [-0.4, -0.2) is 34.6 Å². The largest absolute Gasteiger partial charge is 0.448 e. The Hall–Kier alpha value is -3.83. The molecule has 0 spiro atoms. The van der Waals surface area contributed by atoms with Gasteiger partial charge in [0.05, 0.1) is 11.6 Å². The number of hydrazine groups is 2. The van der Waals surface area contributed by atoms with Crippen LogP contribution in [0.15, 0.2) is 48.7 Å². The zero-order chi connectivity index (χ0) is 25.5. The summed E-state index contributed by atoms with van der Waals surface area (Å²) in [7, 11) is 0. The molecule has 0 aliphatic carbocycles. The van der Waals surface area contributed by atoms with Crippen molar-refractivity contribution in [1.29, 1.82) is 0 Å². The summed E-state index contributed by atoms with van der Waals surface area (Å²) in [5, 5.41) is 2.50. The number of carbonyl (C=O) groups is 3. The van der Waals surface area contributed by atoms with Crippen molar-refractivity contribution in [3.05, 3.63) is 70.9 Å². The highest BCUT2D eigenvalue weighted by Crippen LogP contribution is 2.23. The van der Waals surface area contributed by atoms with Gasteiger partial charge in [0.2, 0.25) is 5.91 Å². The van der Waals surface area contributed by atoms with E-state index in [0.29, 0.717) is 16.3 Å². The minimum atomic E-state index is -1.01. The van der Waals surface area contributed by atoms with Crippen molar-refractivity contribution in [3.63, 3.8) is 0 Å². The Morgan fingerprint density at radius 1 is 1.14 bits per heavy atom. The zero-order valence-electron chi connectivity index (χ0n) is 18.6. The molecule has 0 radical (unpaired) electrons. The Labute approximate surface area is 204 Å². The van der Waals surface area contributed by atoms with Gasteiger partial charge in [0.1, 0.15) is 11.6 Å². The van der Waals surface area contributed by atoms with E-state index in [-0.39, 0.29) is 36.8 Å². The van der Waals surface area contributed by atoms with Crippen molar-refractivity contribution in [2.24, 2.45) is 5.73 Å². The third-order valence-corrected chi connectivity index (χ3v) is 5.22. The van der Waals surface area contributed by atoms with Gasteiger partial charge in [-0.2, -0.15) is 5.12 Å². The molecule has 0 atom stereocenters. The summed E-state index contributed by atoms with van der Waals surface area (Å²) < 4.78 is 32.8. The molecule has 35 heavy (non-hydrogen) atoms. The van der Waals surface area contributed by atoms with Crippen molar-refractivity contribution in [3.8, 4) is 0 Å². The van der Waals surface area contributed by atoms with E-state index in [2.05, 4.69) is 10.4 Å². The van der Waals surface area contributed by atoms with Crippen LogP contribution in [0.4, 0.5) is 19.4 Å². The Kier molecular flexibility index (Phi) is 8.50. The van der Waals surface area contributed by atoms with E-state index < -0.39 is 29.5 Å². The smallest absolute Gasteiger partial charge is 0.436 e. The molecule has 0 saturated carbocycles. The average Bonchev–Trinajstić information content (AvgIpc) is 2.81. The highest BCUT2D eigenvalue weighted by Gasteiger charge is 2.29. The molecule has 12 heteroatoms. The standard InChI is InChI=1S/C23H22ClF2N5O4/c1-14(32)31(29-13-16-4-2-5-19(26)22(16)24)30(23(34)35-9-3-6-20(27)33)21-11-17-10-18(25)8-7-15(17)12-28-21/h2,4-5,7-8,10-12,29H,3,6,9,13H2,1H3,(H2,27,33). The van der Waals surface area contributed by atoms with Crippen LogP contribution in [0.3, 0.4) is 0 Å². The number of pyridine rings is 1. The number of benzene rings is 2. The molecule has 9 nitrogen and oxygen atoms in total. The van der Waals surface area contributed by atoms with Crippen molar-refractivity contribution in [1.82, 2.24) is 15.5 Å². The van der Waals surface area contributed by atoms with E-state index in [9.17, 15) is 23.2 Å². The van der Waals surface area contributed by atoms with Crippen molar-refractivity contribution in [2.75, 3.05) is 11.6 Å². The molecule has 3 N–H and O–H groups in total. The maximum atomic E-state index is 13.8. The van der Waals surface area contributed by atoms with Crippen LogP contribution in [0.25, 0.3) is 10.8 Å². The number of amides is 3. The number of primary amides is 1. The monoisotopic (exact) mass is 505 g/mol. The Bertz CT molecular complexity index is 1260. The lowest BCUT2D eigenvalue weighted by Gasteiger charge is -2.32. The molecule has 1 aromatic heterocycles. The average molecular weight is 506 g/mol. The lowest BCUT2D eigenvalue weighted by atomic mass is 10.2. The number of nitrogens with zero attached hydrogens (tertiary/aromatic N) is 3. The Morgan fingerprint density at radius 3 is 2.63 bits per heavy atom. The van der Waals surface area contributed by atoms with E-state index in [4.69, 9.17) is 22.1 Å². The lowest BCUT2D eigenvalue weighted by Crippen LogP contribution is -2.56. The molecule has 1 heterocycles. The summed E-state index contributed by atoms with van der Waals surface area (Å²) in [5.74, 6) is -2.42. The summed E-state index contributed by atoms with van der Waals surface area (Å²) >= 11 is 6.00. The van der Waals surface area contributed by atoms with Gasteiger partial charge in [-0.25, -0.2) is 24.0 Å². The topological polar surface area (TPSA) is 118 Å². The molecule has 0 aliphatic rings. The number of fused-ring (bicyclic) bond motifs is 1. The molecule has 184 valence electrons. The molecule has 0 saturated heterocycles. The Morgan fingerprint density at radius 2 is 1.91 bits per heavy atom. The molecular formula is C23H22ClF2N5O4. The van der Waals surface area contributed by atoms with E-state index in [0.717, 1.165) is 10.1 Å². The first-order chi connectivity index (χ1) is 16.7. The maximum Gasteiger partial charge on any atom is 0.436 e. The molecule has 0 unspecified atom stereocenters. The molecule has 0 aliphatic heterocycles. The van der Waals surface area contributed by atoms with Crippen molar-refractivity contribution in [2.45, 2.75) is 26.3 Å². The number of aromatic nitrogens is 1. The number of carbonyl (C=O) groups excluding carboxylic acids is 3. The molecule has 3 aromatic rings. The van der Waals surface area contributed by atoms with Crippen LogP contribution in [-0.2, 0) is 20.9 Å². The molecule has 3 amide bonds. The van der Waals surface area contributed by atoms with Crippen LogP contribution < -0.4 is 16.2 Å². The predicted octanol–water partition coefficient (Wildman–Crippen LogP) is 3.84. The van der Waals surface area contributed by atoms with Crippen LogP contribution in [0.5, 0.6) is 0 Å². The van der Waals surface area contributed by atoms with Gasteiger partial charge in [-0.05, 0) is 47.7 Å². The number of rotatable bonds is 8. The van der Waals surface area contributed by atoms with E-state index in [1.165, 1.54) is 49.5 Å². The van der Waals surface area contributed by atoms with Crippen LogP contribution in [0, 0.1) is 11.6 Å². The minimum absolute atomic E-state index is 0.00642.